The molecule has 1 saturated heterocycles. The molecule has 2 atom stereocenters. The molecule has 0 spiro atoms. The third kappa shape index (κ3) is 3.19. The largest absolute Gasteiger partial charge is 0.465 e. The van der Waals surface area contributed by atoms with E-state index in [0.29, 0.717) is 12.5 Å². The SMILES string of the molecule is COC(=O)c1ccc(Cl)c(S(=O)(=O)N2CCCC3CCCCC32)c1. The molecule has 1 aromatic rings. The number of methoxy groups -OCH3 is 1. The Bertz CT molecular complexity index is 732. The molecule has 0 aromatic heterocycles. The van der Waals surface area contributed by atoms with Gasteiger partial charge in [0.25, 0.3) is 0 Å². The highest BCUT2D eigenvalue weighted by atomic mass is 35.5. The van der Waals surface area contributed by atoms with Crippen molar-refractivity contribution in [2.24, 2.45) is 5.92 Å². The first kappa shape index (κ1) is 17.7. The van der Waals surface area contributed by atoms with Gasteiger partial charge < -0.3 is 4.74 Å². The number of sulfonamides is 1. The molecule has 1 aromatic carbocycles. The average Bonchev–Trinajstić information content (AvgIpc) is 2.60. The predicted octanol–water partition coefficient (Wildman–Crippen LogP) is 3.47. The third-order valence-corrected chi connectivity index (χ3v) is 7.54. The maximum absolute atomic E-state index is 13.2. The molecule has 0 amide bonds. The molecule has 0 N–H and O–H groups in total. The summed E-state index contributed by atoms with van der Waals surface area (Å²) in [7, 11) is -2.47. The fraction of sp³-hybridized carbons (Fsp3) is 0.588. The molecule has 2 aliphatic rings. The van der Waals surface area contributed by atoms with E-state index in [4.69, 9.17) is 11.6 Å². The van der Waals surface area contributed by atoms with Crippen molar-refractivity contribution in [3.8, 4) is 0 Å². The van der Waals surface area contributed by atoms with Crippen molar-refractivity contribution < 1.29 is 17.9 Å². The van der Waals surface area contributed by atoms with Crippen LogP contribution in [0.15, 0.2) is 23.1 Å². The molecule has 0 bridgehead atoms. The smallest absolute Gasteiger partial charge is 0.337 e. The van der Waals surface area contributed by atoms with Gasteiger partial charge in [-0.3, -0.25) is 0 Å². The minimum atomic E-state index is -3.73. The highest BCUT2D eigenvalue weighted by molar-refractivity contribution is 7.89. The number of fused-ring (bicyclic) bond motifs is 1. The van der Waals surface area contributed by atoms with Crippen LogP contribution in [0.5, 0.6) is 0 Å². The summed E-state index contributed by atoms with van der Waals surface area (Å²) in [6.07, 6.45) is 6.18. The van der Waals surface area contributed by atoms with E-state index >= 15 is 0 Å². The maximum Gasteiger partial charge on any atom is 0.337 e. The molecule has 1 aliphatic heterocycles. The number of carbonyl (C=O) groups excluding carboxylic acids is 1. The highest BCUT2D eigenvalue weighted by Gasteiger charge is 2.40. The number of halogens is 1. The molecule has 2 fully saturated rings. The zero-order valence-electron chi connectivity index (χ0n) is 13.7. The fourth-order valence-corrected chi connectivity index (χ4v) is 6.21. The van der Waals surface area contributed by atoms with E-state index < -0.39 is 16.0 Å². The number of benzene rings is 1. The zero-order valence-corrected chi connectivity index (χ0v) is 15.3. The van der Waals surface area contributed by atoms with Gasteiger partial charge in [-0.1, -0.05) is 24.4 Å². The second kappa shape index (κ2) is 7.02. The van der Waals surface area contributed by atoms with Gasteiger partial charge in [0, 0.05) is 12.6 Å². The number of rotatable bonds is 3. The molecule has 5 nitrogen and oxygen atoms in total. The number of ether oxygens (including phenoxy) is 1. The predicted molar refractivity (Wildman–Crippen MR) is 91.7 cm³/mol. The van der Waals surface area contributed by atoms with Gasteiger partial charge >= 0.3 is 5.97 Å². The van der Waals surface area contributed by atoms with Crippen LogP contribution < -0.4 is 0 Å². The van der Waals surface area contributed by atoms with Crippen LogP contribution in [0.25, 0.3) is 0 Å². The second-order valence-corrected chi connectivity index (χ2v) is 8.77. The number of esters is 1. The average molecular weight is 372 g/mol. The number of carbonyl (C=O) groups is 1. The Morgan fingerprint density at radius 3 is 2.67 bits per heavy atom. The Morgan fingerprint density at radius 2 is 1.92 bits per heavy atom. The molecule has 0 radical (unpaired) electrons. The first-order valence-electron chi connectivity index (χ1n) is 8.35. The van der Waals surface area contributed by atoms with Crippen LogP contribution in [0.4, 0.5) is 0 Å². The summed E-state index contributed by atoms with van der Waals surface area (Å²) in [6, 6.07) is 4.31. The van der Waals surface area contributed by atoms with E-state index in [1.807, 2.05) is 0 Å². The second-order valence-electron chi connectivity index (χ2n) is 6.51. The summed E-state index contributed by atoms with van der Waals surface area (Å²) < 4.78 is 32.7. The first-order chi connectivity index (χ1) is 11.4. The van der Waals surface area contributed by atoms with Crippen molar-refractivity contribution in [3.63, 3.8) is 0 Å². The lowest BCUT2D eigenvalue weighted by Gasteiger charge is -2.43. The Kier molecular flexibility index (Phi) is 5.18. The van der Waals surface area contributed by atoms with Gasteiger partial charge in [0.1, 0.15) is 4.90 Å². The summed E-state index contributed by atoms with van der Waals surface area (Å²) in [4.78, 5) is 11.7. The van der Waals surface area contributed by atoms with Crippen molar-refractivity contribution in [2.75, 3.05) is 13.7 Å². The summed E-state index contributed by atoms with van der Waals surface area (Å²) in [5.74, 6) is -0.137. The third-order valence-electron chi connectivity index (χ3n) is 5.13. The van der Waals surface area contributed by atoms with Crippen LogP contribution >= 0.6 is 11.6 Å². The van der Waals surface area contributed by atoms with E-state index in [1.54, 1.807) is 4.31 Å². The van der Waals surface area contributed by atoms with Crippen LogP contribution in [-0.4, -0.2) is 38.4 Å². The van der Waals surface area contributed by atoms with Crippen molar-refractivity contribution >= 4 is 27.6 Å². The number of piperidine rings is 1. The number of hydrogen-bond donors (Lipinski definition) is 0. The summed E-state index contributed by atoms with van der Waals surface area (Å²) in [6.45, 7) is 0.516. The lowest BCUT2D eigenvalue weighted by molar-refractivity contribution is 0.0600. The standard InChI is InChI=1S/C17H22ClNO4S/c1-23-17(20)13-8-9-14(18)16(11-13)24(21,22)19-10-4-6-12-5-2-3-7-15(12)19/h8-9,11-12,15H,2-7,10H2,1H3. The van der Waals surface area contributed by atoms with Crippen LogP contribution in [0, 0.1) is 5.92 Å². The Morgan fingerprint density at radius 1 is 1.21 bits per heavy atom. The molecule has 132 valence electrons. The molecule has 1 saturated carbocycles. The lowest BCUT2D eigenvalue weighted by atomic mass is 9.79. The van der Waals surface area contributed by atoms with E-state index in [0.717, 1.165) is 32.1 Å². The fourth-order valence-electron chi connectivity index (χ4n) is 3.95. The molecule has 1 heterocycles. The molecule has 1 aliphatic carbocycles. The normalized spacial score (nSPS) is 25.1. The van der Waals surface area contributed by atoms with Crippen LogP contribution in [0.1, 0.15) is 48.9 Å². The first-order valence-corrected chi connectivity index (χ1v) is 10.2. The zero-order chi connectivity index (χ0) is 17.3. The van der Waals surface area contributed by atoms with Gasteiger partial charge in [-0.2, -0.15) is 4.31 Å². The monoisotopic (exact) mass is 371 g/mol. The van der Waals surface area contributed by atoms with Gasteiger partial charge in [-0.05, 0) is 49.8 Å². The molecule has 24 heavy (non-hydrogen) atoms. The Balaban J connectivity index is 1.99. The van der Waals surface area contributed by atoms with Crippen LogP contribution in [0.2, 0.25) is 5.02 Å². The van der Waals surface area contributed by atoms with Crippen LogP contribution in [-0.2, 0) is 14.8 Å². The van der Waals surface area contributed by atoms with Crippen molar-refractivity contribution in [1.82, 2.24) is 4.31 Å². The van der Waals surface area contributed by atoms with Crippen LogP contribution in [0.3, 0.4) is 0 Å². The highest BCUT2D eigenvalue weighted by Crippen LogP contribution is 2.39. The van der Waals surface area contributed by atoms with Crippen molar-refractivity contribution in [2.45, 2.75) is 49.5 Å². The molecular formula is C17H22ClNO4S. The minimum absolute atomic E-state index is 0.00158. The summed E-state index contributed by atoms with van der Waals surface area (Å²) in [5.41, 5.74) is 0.192. The van der Waals surface area contributed by atoms with Gasteiger partial charge in [0.05, 0.1) is 17.7 Å². The summed E-state index contributed by atoms with van der Waals surface area (Å²) in [5, 5.41) is 0.139. The molecular weight excluding hydrogens is 350 g/mol. The lowest BCUT2D eigenvalue weighted by Crippen LogP contribution is -2.49. The Labute approximate surface area is 148 Å². The number of nitrogens with zero attached hydrogens (tertiary/aromatic N) is 1. The van der Waals surface area contributed by atoms with Gasteiger partial charge in [-0.15, -0.1) is 0 Å². The van der Waals surface area contributed by atoms with Crippen molar-refractivity contribution in [1.29, 1.82) is 0 Å². The maximum atomic E-state index is 13.2. The molecule has 7 heteroatoms. The van der Waals surface area contributed by atoms with E-state index in [-0.39, 0.29) is 21.5 Å². The van der Waals surface area contributed by atoms with E-state index in [1.165, 1.54) is 31.7 Å². The quantitative estimate of drug-likeness (QED) is 0.763. The van der Waals surface area contributed by atoms with Gasteiger partial charge in [0.15, 0.2) is 0 Å². The van der Waals surface area contributed by atoms with E-state index in [9.17, 15) is 13.2 Å². The molecule has 2 unspecified atom stereocenters. The summed E-state index contributed by atoms with van der Waals surface area (Å²) >= 11 is 6.17. The topological polar surface area (TPSA) is 63.7 Å². The van der Waals surface area contributed by atoms with E-state index in [2.05, 4.69) is 4.74 Å². The Hall–Kier alpha value is -1.11. The van der Waals surface area contributed by atoms with Crippen molar-refractivity contribution in [3.05, 3.63) is 28.8 Å². The number of hydrogen-bond acceptors (Lipinski definition) is 4. The minimum Gasteiger partial charge on any atom is -0.465 e. The van der Waals surface area contributed by atoms with Gasteiger partial charge in [0.2, 0.25) is 10.0 Å². The van der Waals surface area contributed by atoms with Gasteiger partial charge in [-0.25, -0.2) is 13.2 Å². The molecule has 3 rings (SSSR count).